The van der Waals surface area contributed by atoms with E-state index < -0.39 is 10.0 Å². The molecule has 2 fully saturated rings. The third kappa shape index (κ3) is 5.09. The van der Waals surface area contributed by atoms with Gasteiger partial charge in [0.15, 0.2) is 0 Å². The van der Waals surface area contributed by atoms with Crippen LogP contribution in [0.2, 0.25) is 0 Å². The van der Waals surface area contributed by atoms with Gasteiger partial charge in [-0.15, -0.1) is 0 Å². The van der Waals surface area contributed by atoms with E-state index in [1.807, 2.05) is 11.8 Å². The smallest absolute Gasteiger partial charge is 0.243 e. The predicted octanol–water partition coefficient (Wildman–Crippen LogP) is 1.03. The third-order valence-corrected chi connectivity index (χ3v) is 7.45. The average Bonchev–Trinajstić information content (AvgIpc) is 2.92. The van der Waals surface area contributed by atoms with Gasteiger partial charge in [0.2, 0.25) is 15.9 Å². The molecule has 3 rings (SSSR count). The van der Waals surface area contributed by atoms with Crippen LogP contribution < -0.4 is 4.74 Å². The van der Waals surface area contributed by atoms with Gasteiger partial charge in [0, 0.05) is 46.4 Å². The Morgan fingerprint density at radius 1 is 1.07 bits per heavy atom. The lowest BCUT2D eigenvalue weighted by atomic mass is 10.2. The van der Waals surface area contributed by atoms with Crippen LogP contribution in [0.15, 0.2) is 29.2 Å². The zero-order valence-corrected chi connectivity index (χ0v) is 18.1. The summed E-state index contributed by atoms with van der Waals surface area (Å²) in [5, 5.41) is 0. The van der Waals surface area contributed by atoms with Gasteiger partial charge in [-0.1, -0.05) is 0 Å². The maximum absolute atomic E-state index is 13.0. The molecular weight excluding hydrogens is 394 g/mol. The zero-order valence-electron chi connectivity index (χ0n) is 17.2. The van der Waals surface area contributed by atoms with Crippen molar-refractivity contribution in [1.29, 1.82) is 0 Å². The first kappa shape index (κ1) is 22.0. The number of nitrogens with zero attached hydrogens (tertiary/aromatic N) is 3. The highest BCUT2D eigenvalue weighted by Crippen LogP contribution is 2.23. The first-order valence-corrected chi connectivity index (χ1v) is 11.7. The summed E-state index contributed by atoms with van der Waals surface area (Å²) in [5.74, 6) is 0.788. The van der Waals surface area contributed by atoms with E-state index >= 15 is 0 Å². The molecule has 2 heterocycles. The number of carbonyl (C=O) groups excluding carboxylic acids is 1. The van der Waals surface area contributed by atoms with Crippen molar-refractivity contribution in [3.63, 3.8) is 0 Å². The lowest BCUT2D eigenvalue weighted by molar-refractivity contribution is -0.132. The van der Waals surface area contributed by atoms with Crippen molar-refractivity contribution < 1.29 is 22.7 Å². The molecule has 1 aromatic carbocycles. The van der Waals surface area contributed by atoms with Crippen molar-refractivity contribution in [2.75, 3.05) is 59.6 Å². The molecule has 2 aliphatic rings. The molecule has 0 N–H and O–H groups in total. The fourth-order valence-electron chi connectivity index (χ4n) is 3.97. The summed E-state index contributed by atoms with van der Waals surface area (Å²) in [4.78, 5) is 17.0. The molecular formula is C20H31N3O5S. The zero-order chi connectivity index (χ0) is 20.9. The Balaban J connectivity index is 1.62. The number of amides is 1. The van der Waals surface area contributed by atoms with Gasteiger partial charge in [0.05, 0.1) is 24.2 Å². The van der Waals surface area contributed by atoms with E-state index in [-0.39, 0.29) is 16.8 Å². The predicted molar refractivity (Wildman–Crippen MR) is 109 cm³/mol. The van der Waals surface area contributed by atoms with Crippen LogP contribution >= 0.6 is 0 Å². The van der Waals surface area contributed by atoms with E-state index in [9.17, 15) is 13.2 Å². The molecule has 0 saturated carbocycles. The summed E-state index contributed by atoms with van der Waals surface area (Å²) in [7, 11) is -1.93. The van der Waals surface area contributed by atoms with E-state index in [0.717, 1.165) is 19.5 Å². The van der Waals surface area contributed by atoms with Crippen LogP contribution in [0.25, 0.3) is 0 Å². The third-order valence-electron chi connectivity index (χ3n) is 5.54. The fraction of sp³-hybridized carbons (Fsp3) is 0.650. The molecule has 0 aliphatic carbocycles. The van der Waals surface area contributed by atoms with E-state index in [1.165, 1.54) is 4.31 Å². The van der Waals surface area contributed by atoms with Gasteiger partial charge in [-0.05, 0) is 44.0 Å². The van der Waals surface area contributed by atoms with E-state index in [1.54, 1.807) is 31.4 Å². The highest BCUT2D eigenvalue weighted by molar-refractivity contribution is 7.89. The molecule has 0 spiro atoms. The van der Waals surface area contributed by atoms with Gasteiger partial charge in [-0.25, -0.2) is 8.42 Å². The van der Waals surface area contributed by atoms with Crippen LogP contribution in [0.5, 0.6) is 5.75 Å². The molecule has 162 valence electrons. The van der Waals surface area contributed by atoms with E-state index in [4.69, 9.17) is 9.47 Å². The second-order valence-electron chi connectivity index (χ2n) is 7.32. The Hall–Kier alpha value is -1.68. The van der Waals surface area contributed by atoms with Crippen LogP contribution in [0, 0.1) is 0 Å². The Labute approximate surface area is 173 Å². The van der Waals surface area contributed by atoms with Crippen molar-refractivity contribution in [2.24, 2.45) is 0 Å². The summed E-state index contributed by atoms with van der Waals surface area (Å²) >= 11 is 0. The number of benzene rings is 1. The van der Waals surface area contributed by atoms with Crippen molar-refractivity contribution in [3.05, 3.63) is 24.3 Å². The number of carbonyl (C=O) groups is 1. The maximum atomic E-state index is 13.0. The molecule has 8 nitrogen and oxygen atoms in total. The molecule has 0 aromatic heterocycles. The van der Waals surface area contributed by atoms with Gasteiger partial charge >= 0.3 is 0 Å². The summed E-state index contributed by atoms with van der Waals surface area (Å²) in [6.45, 7) is 6.44. The molecule has 9 heteroatoms. The first-order chi connectivity index (χ1) is 14.0. The number of ether oxygens (including phenoxy) is 2. The summed E-state index contributed by atoms with van der Waals surface area (Å²) in [5.41, 5.74) is 0. The number of likely N-dealkylation sites (tertiary alicyclic amines) is 1. The minimum absolute atomic E-state index is 0.130. The molecule has 29 heavy (non-hydrogen) atoms. The van der Waals surface area contributed by atoms with Crippen LogP contribution in [0.3, 0.4) is 0 Å². The van der Waals surface area contributed by atoms with E-state index in [0.29, 0.717) is 51.6 Å². The molecule has 0 bridgehead atoms. The van der Waals surface area contributed by atoms with Gasteiger partial charge < -0.3 is 14.4 Å². The molecule has 2 aliphatic heterocycles. The second kappa shape index (κ2) is 9.88. The summed E-state index contributed by atoms with van der Waals surface area (Å²) in [6.07, 6.45) is 1.49. The quantitative estimate of drug-likeness (QED) is 0.619. The number of hydrogen-bond acceptors (Lipinski definition) is 6. The Morgan fingerprint density at radius 2 is 1.83 bits per heavy atom. The highest BCUT2D eigenvalue weighted by atomic mass is 32.2. The number of sulfonamides is 1. The molecule has 0 radical (unpaired) electrons. The molecule has 1 aromatic rings. The van der Waals surface area contributed by atoms with Crippen LogP contribution in [0.1, 0.15) is 19.8 Å². The topological polar surface area (TPSA) is 79.4 Å². The van der Waals surface area contributed by atoms with Gasteiger partial charge in [0.1, 0.15) is 5.75 Å². The largest absolute Gasteiger partial charge is 0.494 e. The monoisotopic (exact) mass is 425 g/mol. The molecule has 2 saturated heterocycles. The highest BCUT2D eigenvalue weighted by Gasteiger charge is 2.37. The molecule has 1 atom stereocenters. The second-order valence-corrected chi connectivity index (χ2v) is 9.26. The molecule has 1 amide bonds. The van der Waals surface area contributed by atoms with E-state index in [2.05, 4.69) is 4.90 Å². The lowest BCUT2D eigenvalue weighted by Gasteiger charge is -2.26. The Kier molecular flexibility index (Phi) is 7.50. The van der Waals surface area contributed by atoms with Crippen molar-refractivity contribution in [2.45, 2.75) is 30.7 Å². The Morgan fingerprint density at radius 3 is 2.52 bits per heavy atom. The first-order valence-electron chi connectivity index (χ1n) is 10.2. The summed E-state index contributed by atoms with van der Waals surface area (Å²) in [6, 6.07) is 6.41. The molecule has 0 unspecified atom stereocenters. The van der Waals surface area contributed by atoms with Crippen LogP contribution in [0.4, 0.5) is 0 Å². The number of methoxy groups -OCH3 is 1. The Bertz CT molecular complexity index is 784. The number of rotatable bonds is 8. The normalized spacial score (nSPS) is 22.1. The fourth-order valence-corrected chi connectivity index (χ4v) is 5.44. The van der Waals surface area contributed by atoms with Crippen molar-refractivity contribution in [1.82, 2.24) is 14.1 Å². The standard InChI is InChI=1S/C20H31N3O5S/c1-3-28-17-5-7-18(8-6-17)29(25,26)23-11-4-10-21(13-14-23)19-9-12-22(20(19)24)15-16-27-2/h5-8,19H,3-4,9-16H2,1-2H3/t19-/m0/s1. The minimum Gasteiger partial charge on any atom is -0.494 e. The number of hydrogen-bond donors (Lipinski definition) is 0. The van der Waals surface area contributed by atoms with Crippen molar-refractivity contribution >= 4 is 15.9 Å². The van der Waals surface area contributed by atoms with Crippen molar-refractivity contribution in [3.8, 4) is 5.75 Å². The van der Waals surface area contributed by atoms with Crippen LogP contribution in [-0.2, 0) is 19.6 Å². The summed E-state index contributed by atoms with van der Waals surface area (Å²) < 4.78 is 38.1. The average molecular weight is 426 g/mol. The SMILES string of the molecule is CCOc1ccc(S(=O)(=O)N2CCCN([C@H]3CCN(CCOC)C3=O)CC2)cc1. The minimum atomic E-state index is -3.56. The maximum Gasteiger partial charge on any atom is 0.243 e. The van der Waals surface area contributed by atoms with Gasteiger partial charge in [-0.2, -0.15) is 4.31 Å². The lowest BCUT2D eigenvalue weighted by Crippen LogP contribution is -2.44. The van der Waals surface area contributed by atoms with Gasteiger partial charge in [0.25, 0.3) is 0 Å². The van der Waals surface area contributed by atoms with Crippen LogP contribution in [-0.4, -0.2) is 94.1 Å². The van der Waals surface area contributed by atoms with Gasteiger partial charge in [-0.3, -0.25) is 9.69 Å².